The van der Waals surface area contributed by atoms with Crippen molar-refractivity contribution in [1.29, 1.82) is 5.26 Å². The van der Waals surface area contributed by atoms with Crippen LogP contribution in [0.1, 0.15) is 33.6 Å². The van der Waals surface area contributed by atoms with Crippen LogP contribution < -0.4 is 0 Å². The molecule has 1 fully saturated rings. The first-order chi connectivity index (χ1) is 9.52. The summed E-state index contributed by atoms with van der Waals surface area (Å²) in [4.78, 5) is 11.8. The maximum Gasteiger partial charge on any atom is 0.156 e. The highest BCUT2D eigenvalue weighted by molar-refractivity contribution is 5.93. The highest BCUT2D eigenvalue weighted by atomic mass is 16.5. The standard InChI is InChI=1S/C17H21NO2/c1-9-6-12(19)7-15-10(2)17-16(8-14(9)15)13(4-5-18)11(3)20-17/h6,8,10-11,13,15-17H,4,7H2,1-3H3/t10?,11?,13?,15-,16?,17+/m0/s1. The fourth-order valence-electron chi connectivity index (χ4n) is 4.26. The van der Waals surface area contributed by atoms with E-state index in [1.54, 1.807) is 6.08 Å². The average molecular weight is 271 g/mol. The Balaban J connectivity index is 2.00. The van der Waals surface area contributed by atoms with E-state index in [-0.39, 0.29) is 23.9 Å². The van der Waals surface area contributed by atoms with E-state index in [2.05, 4.69) is 26.0 Å². The van der Waals surface area contributed by atoms with E-state index in [1.165, 1.54) is 5.57 Å². The summed E-state index contributed by atoms with van der Waals surface area (Å²) in [7, 11) is 0. The van der Waals surface area contributed by atoms with Crippen molar-refractivity contribution in [2.45, 2.75) is 45.8 Å². The molecule has 6 atom stereocenters. The third kappa shape index (κ3) is 1.94. The summed E-state index contributed by atoms with van der Waals surface area (Å²) in [6, 6.07) is 2.30. The van der Waals surface area contributed by atoms with Gasteiger partial charge in [0.15, 0.2) is 5.78 Å². The minimum atomic E-state index is 0.129. The van der Waals surface area contributed by atoms with Crippen molar-refractivity contribution >= 4 is 5.78 Å². The molecule has 4 unspecified atom stereocenters. The molecule has 1 saturated heterocycles. The lowest BCUT2D eigenvalue weighted by molar-refractivity contribution is -0.116. The Morgan fingerprint density at radius 1 is 1.45 bits per heavy atom. The van der Waals surface area contributed by atoms with Gasteiger partial charge < -0.3 is 4.74 Å². The normalized spacial score (nSPS) is 43.2. The van der Waals surface area contributed by atoms with E-state index in [1.807, 2.05) is 6.92 Å². The first-order valence-corrected chi connectivity index (χ1v) is 7.48. The lowest BCUT2D eigenvalue weighted by Gasteiger charge is -2.39. The molecule has 0 aromatic carbocycles. The van der Waals surface area contributed by atoms with E-state index in [0.717, 1.165) is 5.57 Å². The zero-order chi connectivity index (χ0) is 14.4. The number of allylic oxidation sites excluding steroid dienone is 3. The number of carbonyl (C=O) groups excluding carboxylic acids is 1. The van der Waals surface area contributed by atoms with Crippen LogP contribution in [0.5, 0.6) is 0 Å². The Kier molecular flexibility index (Phi) is 3.30. The third-order valence-corrected chi connectivity index (χ3v) is 5.35. The van der Waals surface area contributed by atoms with Gasteiger partial charge in [-0.3, -0.25) is 4.79 Å². The Labute approximate surface area is 120 Å². The van der Waals surface area contributed by atoms with E-state index < -0.39 is 0 Å². The quantitative estimate of drug-likeness (QED) is 0.736. The molecule has 0 saturated carbocycles. The van der Waals surface area contributed by atoms with Crippen molar-refractivity contribution in [1.82, 2.24) is 0 Å². The summed E-state index contributed by atoms with van der Waals surface area (Å²) >= 11 is 0. The molecule has 3 nitrogen and oxygen atoms in total. The number of rotatable bonds is 1. The molecule has 3 aliphatic rings. The minimum Gasteiger partial charge on any atom is -0.374 e. The fourth-order valence-corrected chi connectivity index (χ4v) is 4.26. The molecule has 0 spiro atoms. The van der Waals surface area contributed by atoms with Gasteiger partial charge in [-0.1, -0.05) is 13.0 Å². The predicted molar refractivity (Wildman–Crippen MR) is 75.7 cm³/mol. The fraction of sp³-hybridized carbons (Fsp3) is 0.647. The molecule has 20 heavy (non-hydrogen) atoms. The largest absolute Gasteiger partial charge is 0.374 e. The Morgan fingerprint density at radius 3 is 2.90 bits per heavy atom. The van der Waals surface area contributed by atoms with E-state index in [0.29, 0.717) is 30.6 Å². The number of ether oxygens (including phenoxy) is 1. The van der Waals surface area contributed by atoms with Crippen LogP contribution in [0.4, 0.5) is 0 Å². The van der Waals surface area contributed by atoms with Crippen LogP contribution in [-0.2, 0) is 9.53 Å². The van der Waals surface area contributed by atoms with Crippen molar-refractivity contribution in [2.24, 2.45) is 23.7 Å². The average Bonchev–Trinajstić information content (AvgIpc) is 2.70. The number of nitriles is 1. The smallest absolute Gasteiger partial charge is 0.156 e. The molecule has 1 heterocycles. The van der Waals surface area contributed by atoms with E-state index in [9.17, 15) is 4.79 Å². The van der Waals surface area contributed by atoms with Crippen molar-refractivity contribution < 1.29 is 9.53 Å². The second-order valence-corrected chi connectivity index (χ2v) is 6.49. The van der Waals surface area contributed by atoms with Crippen LogP contribution in [0.15, 0.2) is 23.3 Å². The Bertz CT molecular complexity index is 540. The molecule has 0 aromatic heterocycles. The second-order valence-electron chi connectivity index (χ2n) is 6.49. The summed E-state index contributed by atoms with van der Waals surface area (Å²) < 4.78 is 6.14. The van der Waals surface area contributed by atoms with Gasteiger partial charge >= 0.3 is 0 Å². The molecular weight excluding hydrogens is 250 g/mol. The van der Waals surface area contributed by atoms with Crippen LogP contribution in [0.25, 0.3) is 0 Å². The van der Waals surface area contributed by atoms with Crippen molar-refractivity contribution in [3.63, 3.8) is 0 Å². The van der Waals surface area contributed by atoms with Gasteiger partial charge in [-0.25, -0.2) is 0 Å². The maximum atomic E-state index is 11.8. The van der Waals surface area contributed by atoms with Gasteiger partial charge in [0.05, 0.1) is 18.3 Å². The number of hydrogen-bond donors (Lipinski definition) is 0. The molecule has 0 bridgehead atoms. The van der Waals surface area contributed by atoms with Crippen LogP contribution >= 0.6 is 0 Å². The topological polar surface area (TPSA) is 50.1 Å². The number of hydrogen-bond acceptors (Lipinski definition) is 3. The summed E-state index contributed by atoms with van der Waals surface area (Å²) in [6.45, 7) is 6.30. The molecule has 0 N–H and O–H groups in total. The van der Waals surface area contributed by atoms with E-state index in [4.69, 9.17) is 10.00 Å². The SMILES string of the molecule is CC1=CC(=O)C[C@@H]2C1=CC1C(CC#N)C(C)O[C@@H]1C2C. The van der Waals surface area contributed by atoms with Crippen LogP contribution in [0.3, 0.4) is 0 Å². The van der Waals surface area contributed by atoms with Gasteiger partial charge in [-0.15, -0.1) is 0 Å². The summed E-state index contributed by atoms with van der Waals surface area (Å²) in [5.41, 5.74) is 2.42. The number of ketones is 1. The molecule has 1 aliphatic heterocycles. The van der Waals surface area contributed by atoms with Crippen LogP contribution in [0, 0.1) is 35.0 Å². The lowest BCUT2D eigenvalue weighted by Crippen LogP contribution is -2.38. The Morgan fingerprint density at radius 2 is 2.20 bits per heavy atom. The highest BCUT2D eigenvalue weighted by Gasteiger charge is 2.49. The zero-order valence-corrected chi connectivity index (χ0v) is 12.3. The summed E-state index contributed by atoms with van der Waals surface area (Å²) in [6.07, 6.45) is 5.52. The zero-order valence-electron chi connectivity index (χ0n) is 12.3. The summed E-state index contributed by atoms with van der Waals surface area (Å²) in [5.74, 6) is 1.48. The van der Waals surface area contributed by atoms with Crippen LogP contribution in [0.2, 0.25) is 0 Å². The second kappa shape index (κ2) is 4.86. The van der Waals surface area contributed by atoms with Gasteiger partial charge in [0.1, 0.15) is 0 Å². The Hall–Kier alpha value is -1.40. The first kappa shape index (κ1) is 13.6. The molecule has 3 rings (SSSR count). The van der Waals surface area contributed by atoms with Gasteiger partial charge in [-0.2, -0.15) is 5.26 Å². The maximum absolute atomic E-state index is 11.8. The number of carbonyl (C=O) groups is 1. The van der Waals surface area contributed by atoms with Crippen molar-refractivity contribution in [2.75, 3.05) is 0 Å². The van der Waals surface area contributed by atoms with Crippen molar-refractivity contribution in [3.8, 4) is 6.07 Å². The number of nitrogens with zero attached hydrogens (tertiary/aromatic N) is 1. The minimum absolute atomic E-state index is 0.129. The highest BCUT2D eigenvalue weighted by Crippen LogP contribution is 2.49. The molecule has 0 radical (unpaired) electrons. The lowest BCUT2D eigenvalue weighted by atomic mass is 9.65. The van der Waals surface area contributed by atoms with Gasteiger partial charge in [-0.05, 0) is 42.9 Å². The summed E-state index contributed by atoms with van der Waals surface area (Å²) in [5, 5.41) is 9.04. The van der Waals surface area contributed by atoms with Crippen molar-refractivity contribution in [3.05, 3.63) is 23.3 Å². The van der Waals surface area contributed by atoms with Crippen LogP contribution in [-0.4, -0.2) is 18.0 Å². The monoisotopic (exact) mass is 271 g/mol. The third-order valence-electron chi connectivity index (χ3n) is 5.35. The van der Waals surface area contributed by atoms with Gasteiger partial charge in [0, 0.05) is 24.7 Å². The van der Waals surface area contributed by atoms with Gasteiger partial charge in [0.2, 0.25) is 0 Å². The molecule has 2 aliphatic carbocycles. The predicted octanol–water partition coefficient (Wildman–Crippen LogP) is 3.03. The molecule has 0 amide bonds. The first-order valence-electron chi connectivity index (χ1n) is 7.48. The van der Waals surface area contributed by atoms with Gasteiger partial charge in [0.25, 0.3) is 0 Å². The molecule has 3 heteroatoms. The number of fused-ring (bicyclic) bond motifs is 2. The molecule has 106 valence electrons. The molecular formula is C17H21NO2. The molecule has 0 aromatic rings. The van der Waals surface area contributed by atoms with E-state index >= 15 is 0 Å².